The first-order valence-corrected chi connectivity index (χ1v) is 8.69. The fraction of sp³-hybridized carbons (Fsp3) is 0.462. The number of nitro groups is 1. The van der Waals surface area contributed by atoms with Crippen LogP contribution in [0.1, 0.15) is 12.8 Å². The third-order valence-corrected chi connectivity index (χ3v) is 4.87. The zero-order valence-electron chi connectivity index (χ0n) is 12.7. The minimum absolute atomic E-state index is 0.132. The Morgan fingerprint density at radius 3 is 2.74 bits per heavy atom. The summed E-state index contributed by atoms with van der Waals surface area (Å²) in [5.41, 5.74) is -0.0699. The molecule has 2 rings (SSSR count). The standard InChI is InChI=1S/C13H17N3O6S/c1-22-12-6-5-9(16(18)19)8-10(12)14-13(17)11-4-3-7-15(11)23(2,20)21/h5-6,8,11H,3-4,7H2,1-2H3,(H,14,17). The quantitative estimate of drug-likeness (QED) is 0.628. The second-order valence-electron chi connectivity index (χ2n) is 5.16. The highest BCUT2D eigenvalue weighted by atomic mass is 32.2. The van der Waals surface area contributed by atoms with Gasteiger partial charge in [0.2, 0.25) is 15.9 Å². The Labute approximate surface area is 133 Å². The van der Waals surface area contributed by atoms with Gasteiger partial charge in [-0.05, 0) is 18.9 Å². The van der Waals surface area contributed by atoms with Crippen molar-refractivity contribution in [3.63, 3.8) is 0 Å². The molecular formula is C13H17N3O6S. The molecule has 1 N–H and O–H groups in total. The number of non-ortho nitro benzene ring substituents is 1. The van der Waals surface area contributed by atoms with E-state index < -0.39 is 26.9 Å². The Morgan fingerprint density at radius 1 is 1.48 bits per heavy atom. The van der Waals surface area contributed by atoms with Gasteiger partial charge in [-0.15, -0.1) is 0 Å². The highest BCUT2D eigenvalue weighted by molar-refractivity contribution is 7.88. The molecule has 126 valence electrons. The number of nitro benzene ring substituents is 1. The van der Waals surface area contributed by atoms with Crippen molar-refractivity contribution in [2.24, 2.45) is 0 Å². The molecule has 0 aromatic heterocycles. The van der Waals surface area contributed by atoms with Gasteiger partial charge in [-0.1, -0.05) is 0 Å². The summed E-state index contributed by atoms with van der Waals surface area (Å²) >= 11 is 0. The summed E-state index contributed by atoms with van der Waals surface area (Å²) in [5, 5.41) is 13.4. The molecule has 9 nitrogen and oxygen atoms in total. The third-order valence-electron chi connectivity index (χ3n) is 3.58. The summed E-state index contributed by atoms with van der Waals surface area (Å²) < 4.78 is 29.6. The van der Waals surface area contributed by atoms with Gasteiger partial charge in [-0.3, -0.25) is 14.9 Å². The van der Waals surface area contributed by atoms with Crippen molar-refractivity contribution in [3.05, 3.63) is 28.3 Å². The second kappa shape index (κ2) is 6.50. The largest absolute Gasteiger partial charge is 0.495 e. The zero-order chi connectivity index (χ0) is 17.2. The van der Waals surface area contributed by atoms with Crippen molar-refractivity contribution in [2.75, 3.05) is 25.2 Å². The summed E-state index contributed by atoms with van der Waals surface area (Å²) in [6.45, 7) is 0.281. The summed E-state index contributed by atoms with van der Waals surface area (Å²) in [6, 6.07) is 2.98. The van der Waals surface area contributed by atoms with Gasteiger partial charge in [0.1, 0.15) is 11.8 Å². The Balaban J connectivity index is 2.26. The van der Waals surface area contributed by atoms with Gasteiger partial charge in [0.05, 0.1) is 24.0 Å². The van der Waals surface area contributed by atoms with Gasteiger partial charge < -0.3 is 10.1 Å². The zero-order valence-corrected chi connectivity index (χ0v) is 13.5. The van der Waals surface area contributed by atoms with E-state index in [0.29, 0.717) is 12.8 Å². The number of anilines is 1. The molecule has 1 fully saturated rings. The number of methoxy groups -OCH3 is 1. The van der Waals surface area contributed by atoms with E-state index in [1.807, 2.05) is 0 Å². The molecular weight excluding hydrogens is 326 g/mol. The van der Waals surface area contributed by atoms with Gasteiger partial charge in [-0.25, -0.2) is 8.42 Å². The van der Waals surface area contributed by atoms with E-state index in [9.17, 15) is 23.3 Å². The Kier molecular flexibility index (Phi) is 4.85. The van der Waals surface area contributed by atoms with E-state index in [1.54, 1.807) is 0 Å². The SMILES string of the molecule is COc1ccc([N+](=O)[O-])cc1NC(=O)C1CCCN1S(C)(=O)=O. The van der Waals surface area contributed by atoms with Crippen molar-refractivity contribution in [1.29, 1.82) is 0 Å². The highest BCUT2D eigenvalue weighted by Gasteiger charge is 2.36. The maximum atomic E-state index is 12.4. The number of rotatable bonds is 5. The minimum atomic E-state index is -3.49. The molecule has 1 aliphatic heterocycles. The van der Waals surface area contributed by atoms with E-state index in [0.717, 1.165) is 10.6 Å². The second-order valence-corrected chi connectivity index (χ2v) is 7.10. The van der Waals surface area contributed by atoms with Crippen molar-refractivity contribution in [3.8, 4) is 5.75 Å². The predicted molar refractivity (Wildman–Crippen MR) is 82.8 cm³/mol. The van der Waals surface area contributed by atoms with Crippen LogP contribution in [0.4, 0.5) is 11.4 Å². The first kappa shape index (κ1) is 17.2. The van der Waals surface area contributed by atoms with Crippen LogP contribution in [0.5, 0.6) is 5.75 Å². The number of hydrogen-bond donors (Lipinski definition) is 1. The number of carbonyl (C=O) groups is 1. The van der Waals surface area contributed by atoms with Crippen LogP contribution >= 0.6 is 0 Å². The Morgan fingerprint density at radius 2 is 2.17 bits per heavy atom. The molecule has 0 saturated carbocycles. The van der Waals surface area contributed by atoms with E-state index in [1.165, 1.54) is 25.3 Å². The van der Waals surface area contributed by atoms with E-state index in [-0.39, 0.29) is 23.7 Å². The van der Waals surface area contributed by atoms with E-state index in [2.05, 4.69) is 5.32 Å². The van der Waals surface area contributed by atoms with Crippen LogP contribution in [0.25, 0.3) is 0 Å². The molecule has 10 heteroatoms. The molecule has 1 amide bonds. The fourth-order valence-electron chi connectivity index (χ4n) is 2.52. The van der Waals surface area contributed by atoms with Crippen molar-refractivity contribution in [2.45, 2.75) is 18.9 Å². The van der Waals surface area contributed by atoms with Gasteiger partial charge in [-0.2, -0.15) is 4.31 Å². The molecule has 1 heterocycles. The predicted octanol–water partition coefficient (Wildman–Crippen LogP) is 0.966. The molecule has 1 aliphatic rings. The molecule has 0 spiro atoms. The number of carbonyl (C=O) groups excluding carboxylic acids is 1. The first-order chi connectivity index (χ1) is 10.7. The number of sulfonamides is 1. The molecule has 1 aromatic rings. The summed E-state index contributed by atoms with van der Waals surface area (Å²) in [7, 11) is -2.12. The van der Waals surface area contributed by atoms with E-state index in [4.69, 9.17) is 4.74 Å². The van der Waals surface area contributed by atoms with Crippen LogP contribution in [0.2, 0.25) is 0 Å². The average molecular weight is 343 g/mol. The van der Waals surface area contributed by atoms with Gasteiger partial charge in [0, 0.05) is 18.7 Å². The monoisotopic (exact) mass is 343 g/mol. The number of benzene rings is 1. The topological polar surface area (TPSA) is 119 Å². The molecule has 0 bridgehead atoms. The third kappa shape index (κ3) is 3.77. The van der Waals surface area contributed by atoms with E-state index >= 15 is 0 Å². The number of nitrogens with one attached hydrogen (secondary N) is 1. The molecule has 0 radical (unpaired) electrons. The molecule has 1 aromatic carbocycles. The highest BCUT2D eigenvalue weighted by Crippen LogP contribution is 2.30. The maximum Gasteiger partial charge on any atom is 0.271 e. The van der Waals surface area contributed by atoms with Gasteiger partial charge in [0.15, 0.2) is 0 Å². The van der Waals surface area contributed by atoms with Gasteiger partial charge >= 0.3 is 0 Å². The fourth-order valence-corrected chi connectivity index (χ4v) is 3.65. The Bertz CT molecular complexity index is 733. The lowest BCUT2D eigenvalue weighted by Crippen LogP contribution is -2.42. The molecule has 1 unspecified atom stereocenters. The maximum absolute atomic E-state index is 12.4. The van der Waals surface area contributed by atoms with Crippen LogP contribution in [-0.2, 0) is 14.8 Å². The minimum Gasteiger partial charge on any atom is -0.495 e. The molecule has 0 aliphatic carbocycles. The number of hydrogen-bond acceptors (Lipinski definition) is 6. The lowest BCUT2D eigenvalue weighted by atomic mass is 10.2. The molecule has 1 atom stereocenters. The average Bonchev–Trinajstić information content (AvgIpc) is 2.96. The number of ether oxygens (including phenoxy) is 1. The number of amides is 1. The number of nitrogens with zero attached hydrogens (tertiary/aromatic N) is 2. The smallest absolute Gasteiger partial charge is 0.271 e. The summed E-state index contributed by atoms with van der Waals surface area (Å²) in [4.78, 5) is 22.6. The first-order valence-electron chi connectivity index (χ1n) is 6.84. The normalized spacial score (nSPS) is 18.6. The molecule has 1 saturated heterocycles. The van der Waals surface area contributed by atoms with Crippen LogP contribution < -0.4 is 10.1 Å². The van der Waals surface area contributed by atoms with Crippen LogP contribution in [-0.4, -0.2) is 49.5 Å². The van der Waals surface area contributed by atoms with Crippen molar-refractivity contribution < 1.29 is 22.9 Å². The lowest BCUT2D eigenvalue weighted by Gasteiger charge is -2.21. The summed E-state index contributed by atoms with van der Waals surface area (Å²) in [5.74, 6) is -0.278. The Hall–Kier alpha value is -2.20. The van der Waals surface area contributed by atoms with Crippen molar-refractivity contribution in [1.82, 2.24) is 4.31 Å². The van der Waals surface area contributed by atoms with Crippen LogP contribution in [0.15, 0.2) is 18.2 Å². The van der Waals surface area contributed by atoms with Gasteiger partial charge in [0.25, 0.3) is 5.69 Å². The van der Waals surface area contributed by atoms with Crippen LogP contribution in [0, 0.1) is 10.1 Å². The van der Waals surface area contributed by atoms with Crippen LogP contribution in [0.3, 0.4) is 0 Å². The molecule has 23 heavy (non-hydrogen) atoms. The lowest BCUT2D eigenvalue weighted by molar-refractivity contribution is -0.384. The summed E-state index contributed by atoms with van der Waals surface area (Å²) in [6.07, 6.45) is 2.03. The van der Waals surface area contributed by atoms with Crippen molar-refractivity contribution >= 4 is 27.3 Å².